The zero-order valence-electron chi connectivity index (χ0n) is 24.9. The van der Waals surface area contributed by atoms with E-state index in [9.17, 15) is 0 Å². The Labute approximate surface area is 262 Å². The van der Waals surface area contributed by atoms with E-state index in [0.717, 1.165) is 16.7 Å². The average Bonchev–Trinajstić information content (AvgIpc) is 3.12. The molecule has 0 nitrogen and oxygen atoms in total. The van der Waals surface area contributed by atoms with Gasteiger partial charge in [-0.05, 0) is 55.7 Å². The first-order valence-corrected chi connectivity index (χ1v) is 14.8. The van der Waals surface area contributed by atoms with Crippen LogP contribution in [-0.4, -0.2) is 0 Å². The number of benzene rings is 6. The van der Waals surface area contributed by atoms with Crippen LogP contribution in [0, 0.1) is 0 Å². The minimum Gasteiger partial charge on any atom is -0.0990 e. The fourth-order valence-corrected chi connectivity index (χ4v) is 5.24. The summed E-state index contributed by atoms with van der Waals surface area (Å²) in [6, 6.07) is 62.8. The molecule has 0 aliphatic carbocycles. The number of allylic oxidation sites excluding steroid dienone is 4. The van der Waals surface area contributed by atoms with Gasteiger partial charge >= 0.3 is 0 Å². The highest BCUT2D eigenvalue weighted by atomic mass is 14.2. The van der Waals surface area contributed by atoms with Gasteiger partial charge in [-0.2, -0.15) is 0 Å². The second-order valence-electron chi connectivity index (χ2n) is 10.2. The highest BCUT2D eigenvalue weighted by Gasteiger charge is 2.17. The lowest BCUT2D eigenvalue weighted by molar-refractivity contribution is 1.53. The summed E-state index contributed by atoms with van der Waals surface area (Å²) in [6.07, 6.45) is 3.88. The highest BCUT2D eigenvalue weighted by molar-refractivity contribution is 6.17. The molecule has 0 aliphatic rings. The Morgan fingerprint density at radius 2 is 0.659 bits per heavy atom. The van der Waals surface area contributed by atoms with Crippen molar-refractivity contribution < 1.29 is 0 Å². The van der Waals surface area contributed by atoms with Crippen molar-refractivity contribution in [1.29, 1.82) is 0 Å². The molecule has 0 saturated heterocycles. The third-order valence-corrected chi connectivity index (χ3v) is 7.32. The molecule has 0 atom stereocenters. The van der Waals surface area contributed by atoms with E-state index in [1.165, 1.54) is 39.0 Å². The van der Waals surface area contributed by atoms with E-state index in [0.29, 0.717) is 0 Å². The minimum atomic E-state index is 1.02. The number of rotatable bonds is 8. The van der Waals surface area contributed by atoms with Crippen molar-refractivity contribution in [3.05, 3.63) is 241 Å². The van der Waals surface area contributed by atoms with Crippen LogP contribution in [0.1, 0.15) is 33.4 Å². The normalized spacial score (nSPS) is 10.0. The molecule has 0 amide bonds. The quantitative estimate of drug-likeness (QED) is 0.127. The van der Waals surface area contributed by atoms with E-state index in [1.54, 1.807) is 0 Å². The molecule has 44 heavy (non-hydrogen) atoms. The molecule has 212 valence electrons. The molecule has 0 heterocycles. The largest absolute Gasteiger partial charge is 0.0990 e. The molecule has 6 aromatic carbocycles. The zero-order valence-corrected chi connectivity index (χ0v) is 24.9. The maximum Gasteiger partial charge on any atom is -0.00268 e. The highest BCUT2D eigenvalue weighted by Crippen LogP contribution is 2.39. The van der Waals surface area contributed by atoms with Crippen LogP contribution < -0.4 is 0 Å². The lowest BCUT2D eigenvalue weighted by Gasteiger charge is -2.19. The molecule has 0 N–H and O–H groups in total. The van der Waals surface area contributed by atoms with Gasteiger partial charge in [0.2, 0.25) is 0 Å². The summed E-state index contributed by atoms with van der Waals surface area (Å²) in [5.41, 5.74) is 11.7. The van der Waals surface area contributed by atoms with Gasteiger partial charge in [-0.15, -0.1) is 0 Å². The molecule has 6 aromatic rings. The third-order valence-electron chi connectivity index (χ3n) is 7.32. The Morgan fingerprint density at radius 3 is 1.00 bits per heavy atom. The molecule has 0 bridgehead atoms. The summed E-state index contributed by atoms with van der Waals surface area (Å²) in [7, 11) is 0. The lowest BCUT2D eigenvalue weighted by atomic mass is 9.84. The number of hydrogen-bond acceptors (Lipinski definition) is 0. The monoisotopic (exact) mass is 564 g/mol. The van der Waals surface area contributed by atoms with Crippen molar-refractivity contribution in [1.82, 2.24) is 0 Å². The van der Waals surface area contributed by atoms with Crippen molar-refractivity contribution in [2.75, 3.05) is 0 Å². The second kappa shape index (κ2) is 15.5. The summed E-state index contributed by atoms with van der Waals surface area (Å²) in [5, 5.41) is 0. The third kappa shape index (κ3) is 7.56. The van der Waals surface area contributed by atoms with Crippen LogP contribution in [0.15, 0.2) is 207 Å². The molecule has 0 spiro atoms. The lowest BCUT2D eigenvalue weighted by Crippen LogP contribution is -1.97. The number of hydrogen-bond donors (Lipinski definition) is 0. The van der Waals surface area contributed by atoms with Crippen LogP contribution >= 0.6 is 0 Å². The predicted molar refractivity (Wildman–Crippen MR) is 191 cm³/mol. The van der Waals surface area contributed by atoms with Crippen molar-refractivity contribution in [3.63, 3.8) is 0 Å². The Hall–Kier alpha value is -5.72. The van der Waals surface area contributed by atoms with E-state index in [1.807, 2.05) is 30.4 Å². The fraction of sp³-hybridized carbons (Fsp3) is 0. The Balaban J connectivity index is 0.000000204. The van der Waals surface area contributed by atoms with Crippen LogP contribution in [0.5, 0.6) is 0 Å². The van der Waals surface area contributed by atoms with Crippen molar-refractivity contribution in [2.24, 2.45) is 0 Å². The van der Waals surface area contributed by atoms with Gasteiger partial charge in [0.1, 0.15) is 0 Å². The maximum absolute atomic E-state index is 4.52. The maximum atomic E-state index is 4.52. The van der Waals surface area contributed by atoms with E-state index < -0.39 is 0 Å². The Kier molecular flexibility index (Phi) is 10.5. The Morgan fingerprint density at radius 1 is 0.364 bits per heavy atom. The van der Waals surface area contributed by atoms with Gasteiger partial charge in [0.05, 0.1) is 0 Å². The van der Waals surface area contributed by atoms with Crippen LogP contribution in [0.25, 0.3) is 22.3 Å². The zero-order chi connectivity index (χ0) is 30.4. The summed E-state index contributed by atoms with van der Waals surface area (Å²) < 4.78 is 0. The molecular weight excluding hydrogens is 528 g/mol. The molecular formula is C44H36. The average molecular weight is 565 g/mol. The summed E-state index contributed by atoms with van der Waals surface area (Å²) in [6.45, 7) is 8.29. The minimum absolute atomic E-state index is 1.02. The van der Waals surface area contributed by atoms with E-state index >= 15 is 0 Å². The Bertz CT molecular complexity index is 1730. The second-order valence-corrected chi connectivity index (χ2v) is 10.2. The molecule has 0 aliphatic heterocycles. The van der Waals surface area contributed by atoms with Gasteiger partial charge in [-0.25, -0.2) is 0 Å². The van der Waals surface area contributed by atoms with Gasteiger partial charge in [0.25, 0.3) is 0 Å². The van der Waals surface area contributed by atoms with E-state index in [4.69, 9.17) is 0 Å². The van der Waals surface area contributed by atoms with Crippen LogP contribution in [0.3, 0.4) is 0 Å². The first kappa shape index (κ1) is 29.8. The predicted octanol–water partition coefficient (Wildman–Crippen LogP) is 11.7. The molecule has 0 saturated carbocycles. The summed E-state index contributed by atoms with van der Waals surface area (Å²) in [4.78, 5) is 0. The molecule has 0 unspecified atom stereocenters. The van der Waals surface area contributed by atoms with Gasteiger partial charge in [-0.1, -0.05) is 207 Å². The molecule has 0 fully saturated rings. The van der Waals surface area contributed by atoms with Crippen molar-refractivity contribution in [3.8, 4) is 0 Å². The van der Waals surface area contributed by atoms with Crippen molar-refractivity contribution >= 4 is 22.3 Å². The summed E-state index contributed by atoms with van der Waals surface area (Å²) >= 11 is 0. The molecule has 0 radical (unpaired) electrons. The van der Waals surface area contributed by atoms with Gasteiger partial charge in [0, 0.05) is 0 Å². The van der Waals surface area contributed by atoms with E-state index in [2.05, 4.69) is 177 Å². The first-order chi connectivity index (χ1) is 21.8. The standard InChI is InChI=1S/C28H22.C16H14/c1-22(23-14-6-2-7-15-23)27(24-16-8-3-9-17-24)28(25-18-10-4-11-19-25)26-20-12-5-13-21-26;1-2-9-16(14-10-5-3-6-11-14)15-12-7-4-8-13-15/h2-21H,1H2;2-13H,1H2. The first-order valence-electron chi connectivity index (χ1n) is 14.8. The van der Waals surface area contributed by atoms with Crippen LogP contribution in [0.4, 0.5) is 0 Å². The van der Waals surface area contributed by atoms with Crippen LogP contribution in [-0.2, 0) is 0 Å². The smallest absolute Gasteiger partial charge is 0.00268 e. The van der Waals surface area contributed by atoms with Gasteiger partial charge < -0.3 is 0 Å². The van der Waals surface area contributed by atoms with Crippen LogP contribution in [0.2, 0.25) is 0 Å². The molecule has 0 heteroatoms. The van der Waals surface area contributed by atoms with Gasteiger partial charge in [-0.3, -0.25) is 0 Å². The van der Waals surface area contributed by atoms with Gasteiger partial charge in [0.15, 0.2) is 0 Å². The SMILES string of the molecule is C=C(C(=C(c1ccccc1)c1ccccc1)c1ccccc1)c1ccccc1.C=CC=C(c1ccccc1)c1ccccc1. The van der Waals surface area contributed by atoms with Crippen molar-refractivity contribution in [2.45, 2.75) is 0 Å². The molecule has 6 rings (SSSR count). The topological polar surface area (TPSA) is 0 Å². The fourth-order valence-electron chi connectivity index (χ4n) is 5.24. The summed E-state index contributed by atoms with van der Waals surface area (Å²) in [5.74, 6) is 0. The van der Waals surface area contributed by atoms with E-state index in [-0.39, 0.29) is 0 Å². The molecule has 0 aromatic heterocycles.